The number of hydrogen-bond acceptors (Lipinski definition) is 4. The quantitative estimate of drug-likeness (QED) is 0.759. The van der Waals surface area contributed by atoms with Crippen LogP contribution in [0.1, 0.15) is 17.8 Å². The van der Waals surface area contributed by atoms with E-state index in [1.165, 1.54) is 12.1 Å². The Kier molecular flexibility index (Phi) is 3.02. The van der Waals surface area contributed by atoms with Gasteiger partial charge in [0.1, 0.15) is 5.82 Å². The van der Waals surface area contributed by atoms with Crippen LogP contribution in [-0.2, 0) is 0 Å². The van der Waals surface area contributed by atoms with Gasteiger partial charge in [0.05, 0.1) is 17.0 Å². The summed E-state index contributed by atoms with van der Waals surface area (Å²) in [6.45, 7) is 1.60. The number of aromatic nitrogens is 2. The summed E-state index contributed by atoms with van der Waals surface area (Å²) in [5.41, 5.74) is 1.06. The molecule has 4 nitrogen and oxygen atoms in total. The van der Waals surface area contributed by atoms with Crippen LogP contribution in [0, 0.1) is 40.3 Å². The summed E-state index contributed by atoms with van der Waals surface area (Å²) in [5, 5.41) is 8.98. The third kappa shape index (κ3) is 2.51. The molecule has 2 fully saturated rings. The van der Waals surface area contributed by atoms with E-state index in [2.05, 4.69) is 26.7 Å². The van der Waals surface area contributed by atoms with E-state index in [9.17, 15) is 4.39 Å². The molecule has 1 aromatic heterocycles. The van der Waals surface area contributed by atoms with Crippen LogP contribution in [0.2, 0.25) is 0 Å². The van der Waals surface area contributed by atoms with Gasteiger partial charge >= 0.3 is 0 Å². The highest BCUT2D eigenvalue weighted by Gasteiger charge is 2.59. The Balaban J connectivity index is 1.56. The first-order chi connectivity index (χ1) is 11.2. The van der Waals surface area contributed by atoms with Crippen molar-refractivity contribution in [3.63, 3.8) is 0 Å². The lowest BCUT2D eigenvalue weighted by molar-refractivity contribution is 0.625. The lowest BCUT2D eigenvalue weighted by atomic mass is 10.1. The molecule has 2 atom stereocenters. The van der Waals surface area contributed by atoms with Gasteiger partial charge in [-0.25, -0.2) is 14.4 Å². The molecule has 23 heavy (non-hydrogen) atoms. The van der Waals surface area contributed by atoms with Crippen molar-refractivity contribution in [1.29, 1.82) is 5.26 Å². The van der Waals surface area contributed by atoms with Crippen LogP contribution in [0.25, 0.3) is 0 Å². The van der Waals surface area contributed by atoms with Gasteiger partial charge in [-0.1, -0.05) is 5.92 Å². The highest BCUT2D eigenvalue weighted by molar-refractivity contribution is 5.55. The monoisotopic (exact) mass is 304 g/mol. The minimum atomic E-state index is -0.377. The maximum atomic E-state index is 13.6. The standard InChI is InChI=1S/C18H13FN4/c19-15-6-13(10-20)7-16(8-15)23-11-14-9-18(14,12-23)3-2-17-21-4-1-5-22-17/h1,4-8,14H,9,11-12H2. The van der Waals surface area contributed by atoms with Crippen molar-refractivity contribution in [3.8, 4) is 17.9 Å². The van der Waals surface area contributed by atoms with Crippen molar-refractivity contribution in [2.75, 3.05) is 18.0 Å². The third-order valence-electron chi connectivity index (χ3n) is 4.51. The second-order valence-electron chi connectivity index (χ2n) is 6.07. The average molecular weight is 304 g/mol. The van der Waals surface area contributed by atoms with Crippen molar-refractivity contribution >= 4 is 5.69 Å². The fraction of sp³-hybridized carbons (Fsp3) is 0.278. The maximum Gasteiger partial charge on any atom is 0.204 e. The lowest BCUT2D eigenvalue weighted by Gasteiger charge is -2.21. The summed E-state index contributed by atoms with van der Waals surface area (Å²) in [6.07, 6.45) is 4.41. The molecule has 1 saturated heterocycles. The van der Waals surface area contributed by atoms with E-state index in [0.29, 0.717) is 17.3 Å². The van der Waals surface area contributed by atoms with E-state index in [1.807, 2.05) is 6.07 Å². The predicted octanol–water partition coefficient (Wildman–Crippen LogP) is 2.37. The first-order valence-corrected chi connectivity index (χ1v) is 7.44. The molecule has 2 aliphatic rings. The molecule has 112 valence electrons. The number of rotatable bonds is 1. The summed E-state index contributed by atoms with van der Waals surface area (Å²) in [5.74, 6) is 7.01. The summed E-state index contributed by atoms with van der Waals surface area (Å²) in [7, 11) is 0. The third-order valence-corrected chi connectivity index (χ3v) is 4.51. The van der Waals surface area contributed by atoms with Crippen molar-refractivity contribution in [2.24, 2.45) is 11.3 Å². The number of hydrogen-bond donors (Lipinski definition) is 0. The van der Waals surface area contributed by atoms with Crippen molar-refractivity contribution in [2.45, 2.75) is 6.42 Å². The zero-order valence-corrected chi connectivity index (χ0v) is 12.3. The molecular formula is C18H13FN4. The molecule has 0 radical (unpaired) electrons. The van der Waals surface area contributed by atoms with E-state index >= 15 is 0 Å². The Morgan fingerprint density at radius 1 is 1.26 bits per heavy atom. The summed E-state index contributed by atoms with van der Waals surface area (Å²) in [4.78, 5) is 10.3. The average Bonchev–Trinajstić information content (AvgIpc) is 3.14. The van der Waals surface area contributed by atoms with Gasteiger partial charge in [-0.05, 0) is 42.5 Å². The molecular weight excluding hydrogens is 291 g/mol. The maximum absolute atomic E-state index is 13.6. The Morgan fingerprint density at radius 3 is 2.87 bits per heavy atom. The lowest BCUT2D eigenvalue weighted by Crippen LogP contribution is -2.24. The number of anilines is 1. The van der Waals surface area contributed by atoms with E-state index in [-0.39, 0.29) is 11.2 Å². The largest absolute Gasteiger partial charge is 0.370 e. The molecule has 1 saturated carbocycles. The molecule has 4 rings (SSSR count). The van der Waals surface area contributed by atoms with Crippen LogP contribution >= 0.6 is 0 Å². The van der Waals surface area contributed by atoms with E-state index in [0.717, 1.165) is 25.2 Å². The highest BCUT2D eigenvalue weighted by atomic mass is 19.1. The van der Waals surface area contributed by atoms with Gasteiger partial charge in [0.15, 0.2) is 0 Å². The molecule has 2 heterocycles. The normalized spacial score (nSPS) is 24.3. The van der Waals surface area contributed by atoms with Crippen molar-refractivity contribution in [3.05, 3.63) is 53.9 Å². The Labute approximate surface area is 133 Å². The fourth-order valence-corrected chi connectivity index (χ4v) is 3.24. The summed E-state index contributed by atoms with van der Waals surface area (Å²) >= 11 is 0. The van der Waals surface area contributed by atoms with Crippen LogP contribution in [0.3, 0.4) is 0 Å². The smallest absolute Gasteiger partial charge is 0.204 e. The Bertz CT molecular complexity index is 862. The van der Waals surface area contributed by atoms with Crippen LogP contribution in [0.15, 0.2) is 36.7 Å². The number of nitriles is 1. The fourth-order valence-electron chi connectivity index (χ4n) is 3.24. The minimum Gasteiger partial charge on any atom is -0.370 e. The van der Waals surface area contributed by atoms with Crippen LogP contribution in [0.4, 0.5) is 10.1 Å². The Hall–Kier alpha value is -2.92. The Morgan fingerprint density at radius 2 is 2.09 bits per heavy atom. The first kappa shape index (κ1) is 13.7. The van der Waals surface area contributed by atoms with Crippen LogP contribution in [-0.4, -0.2) is 23.1 Å². The van der Waals surface area contributed by atoms with Crippen molar-refractivity contribution < 1.29 is 4.39 Å². The van der Waals surface area contributed by atoms with E-state index in [1.54, 1.807) is 24.5 Å². The molecule has 5 heteroatoms. The number of nitrogens with zero attached hydrogens (tertiary/aromatic N) is 4. The number of halogens is 1. The van der Waals surface area contributed by atoms with E-state index in [4.69, 9.17) is 5.26 Å². The number of piperidine rings is 1. The molecule has 0 spiro atoms. The molecule has 1 aliphatic carbocycles. The SMILES string of the molecule is N#Cc1cc(F)cc(N2CC3CC3(C#Cc3ncccn3)C2)c1. The van der Waals surface area contributed by atoms with Gasteiger partial charge in [0.25, 0.3) is 0 Å². The second kappa shape index (κ2) is 5.07. The molecule has 0 bridgehead atoms. The predicted molar refractivity (Wildman–Crippen MR) is 82.8 cm³/mol. The molecule has 1 aliphatic heterocycles. The van der Waals surface area contributed by atoms with Gasteiger partial charge in [0, 0.05) is 31.2 Å². The van der Waals surface area contributed by atoms with Crippen LogP contribution in [0.5, 0.6) is 0 Å². The highest BCUT2D eigenvalue weighted by Crippen LogP contribution is 2.58. The second-order valence-corrected chi connectivity index (χ2v) is 6.07. The first-order valence-electron chi connectivity index (χ1n) is 7.44. The summed E-state index contributed by atoms with van der Waals surface area (Å²) in [6, 6.07) is 8.22. The molecule has 0 amide bonds. The number of fused-ring (bicyclic) bond motifs is 1. The minimum absolute atomic E-state index is 0.0433. The zero-order chi connectivity index (χ0) is 15.9. The van der Waals surface area contributed by atoms with Gasteiger partial charge < -0.3 is 4.90 Å². The molecule has 0 N–H and O–H groups in total. The van der Waals surface area contributed by atoms with Gasteiger partial charge in [0.2, 0.25) is 5.82 Å². The molecule has 1 aromatic carbocycles. The van der Waals surface area contributed by atoms with Gasteiger partial charge in [-0.2, -0.15) is 5.26 Å². The molecule has 2 aromatic rings. The zero-order valence-electron chi connectivity index (χ0n) is 12.3. The summed E-state index contributed by atoms with van der Waals surface area (Å²) < 4.78 is 13.6. The topological polar surface area (TPSA) is 52.8 Å². The number of benzene rings is 1. The van der Waals surface area contributed by atoms with Gasteiger partial charge in [-0.15, -0.1) is 0 Å². The van der Waals surface area contributed by atoms with E-state index < -0.39 is 0 Å². The van der Waals surface area contributed by atoms with Crippen LogP contribution < -0.4 is 4.90 Å². The molecule has 2 unspecified atom stereocenters. The van der Waals surface area contributed by atoms with Crippen molar-refractivity contribution in [1.82, 2.24) is 9.97 Å². The van der Waals surface area contributed by atoms with Gasteiger partial charge in [-0.3, -0.25) is 0 Å².